The second-order valence-electron chi connectivity index (χ2n) is 6.89. The van der Waals surface area contributed by atoms with E-state index in [0.29, 0.717) is 19.5 Å². The average Bonchev–Trinajstić information content (AvgIpc) is 2.81. The molecule has 0 aromatic heterocycles. The highest BCUT2D eigenvalue weighted by atomic mass is 16.2. The van der Waals surface area contributed by atoms with Gasteiger partial charge in [-0.05, 0) is 32.6 Å². The maximum Gasteiger partial charge on any atom is 0.223 e. The molecule has 5 nitrogen and oxygen atoms in total. The van der Waals surface area contributed by atoms with Crippen molar-refractivity contribution in [2.75, 3.05) is 26.2 Å². The highest BCUT2D eigenvalue weighted by molar-refractivity contribution is 5.84. The third-order valence-corrected chi connectivity index (χ3v) is 4.83. The van der Waals surface area contributed by atoms with Crippen LogP contribution in [0.3, 0.4) is 0 Å². The molecule has 0 saturated carbocycles. The van der Waals surface area contributed by atoms with E-state index in [9.17, 15) is 14.9 Å². The first kappa shape index (κ1) is 16.8. The van der Waals surface area contributed by atoms with Gasteiger partial charge in [0.2, 0.25) is 11.8 Å². The molecule has 0 aromatic rings. The van der Waals surface area contributed by atoms with Crippen LogP contribution in [0.2, 0.25) is 0 Å². The van der Waals surface area contributed by atoms with Crippen LogP contribution in [0, 0.1) is 16.7 Å². The van der Waals surface area contributed by atoms with E-state index in [4.69, 9.17) is 0 Å². The van der Waals surface area contributed by atoms with Gasteiger partial charge in [0.05, 0.1) is 11.5 Å². The van der Waals surface area contributed by atoms with Crippen molar-refractivity contribution in [2.45, 2.75) is 58.3 Å². The zero-order chi connectivity index (χ0) is 16.0. The second kappa shape index (κ2) is 7.62. The lowest BCUT2D eigenvalue weighted by molar-refractivity contribution is -0.138. The molecular formula is C17H27N3O2. The third kappa shape index (κ3) is 4.46. The minimum Gasteiger partial charge on any atom is -0.343 e. The van der Waals surface area contributed by atoms with E-state index in [2.05, 4.69) is 6.07 Å². The van der Waals surface area contributed by atoms with E-state index in [1.807, 2.05) is 11.8 Å². The molecule has 0 radical (unpaired) electrons. The first-order valence-electron chi connectivity index (χ1n) is 8.51. The number of hydrogen-bond acceptors (Lipinski definition) is 3. The summed E-state index contributed by atoms with van der Waals surface area (Å²) in [6.07, 6.45) is 6.84. The van der Waals surface area contributed by atoms with Crippen LogP contribution < -0.4 is 0 Å². The number of carbonyl (C=O) groups excluding carboxylic acids is 2. The number of piperidine rings is 1. The average molecular weight is 305 g/mol. The highest BCUT2D eigenvalue weighted by Crippen LogP contribution is 2.28. The second-order valence-corrected chi connectivity index (χ2v) is 6.89. The molecular weight excluding hydrogens is 278 g/mol. The minimum absolute atomic E-state index is 0.0179. The van der Waals surface area contributed by atoms with E-state index in [1.165, 1.54) is 12.8 Å². The fourth-order valence-corrected chi connectivity index (χ4v) is 3.39. The monoisotopic (exact) mass is 305 g/mol. The molecule has 2 heterocycles. The summed E-state index contributed by atoms with van der Waals surface area (Å²) in [5.74, 6) is 0.125. The van der Waals surface area contributed by atoms with Crippen molar-refractivity contribution in [3.8, 4) is 6.07 Å². The zero-order valence-corrected chi connectivity index (χ0v) is 13.6. The Hall–Kier alpha value is -1.57. The molecule has 22 heavy (non-hydrogen) atoms. The maximum absolute atomic E-state index is 12.3. The Morgan fingerprint density at radius 1 is 0.955 bits per heavy atom. The summed E-state index contributed by atoms with van der Waals surface area (Å²) in [6.45, 7) is 4.80. The van der Waals surface area contributed by atoms with Gasteiger partial charge in [-0.15, -0.1) is 0 Å². The number of rotatable bonds is 3. The number of carbonyl (C=O) groups is 2. The summed E-state index contributed by atoms with van der Waals surface area (Å²) in [7, 11) is 0. The summed E-state index contributed by atoms with van der Waals surface area (Å²) >= 11 is 0. The highest BCUT2D eigenvalue weighted by Gasteiger charge is 2.33. The van der Waals surface area contributed by atoms with Gasteiger partial charge < -0.3 is 9.80 Å². The fraction of sp³-hybridized carbons (Fsp3) is 0.824. The molecule has 0 aromatic carbocycles. The Morgan fingerprint density at radius 3 is 2.09 bits per heavy atom. The first-order chi connectivity index (χ1) is 10.5. The van der Waals surface area contributed by atoms with Gasteiger partial charge in [0.1, 0.15) is 0 Å². The van der Waals surface area contributed by atoms with Crippen LogP contribution in [-0.2, 0) is 9.59 Å². The van der Waals surface area contributed by atoms with Crippen molar-refractivity contribution >= 4 is 11.8 Å². The van der Waals surface area contributed by atoms with E-state index in [-0.39, 0.29) is 18.2 Å². The van der Waals surface area contributed by atoms with Gasteiger partial charge >= 0.3 is 0 Å². The van der Waals surface area contributed by atoms with Crippen LogP contribution in [0.1, 0.15) is 58.3 Å². The van der Waals surface area contributed by atoms with Gasteiger partial charge in [0, 0.05) is 39.0 Å². The first-order valence-corrected chi connectivity index (χ1v) is 8.51. The fourth-order valence-electron chi connectivity index (χ4n) is 3.39. The molecule has 0 bridgehead atoms. The number of likely N-dealkylation sites (tertiary alicyclic amines) is 2. The Labute approximate surface area is 133 Å². The normalized spacial score (nSPS) is 26.2. The lowest BCUT2D eigenvalue weighted by Gasteiger charge is -2.36. The van der Waals surface area contributed by atoms with E-state index >= 15 is 0 Å². The number of amides is 2. The Kier molecular flexibility index (Phi) is 5.82. The van der Waals surface area contributed by atoms with E-state index in [1.54, 1.807) is 4.90 Å². The van der Waals surface area contributed by atoms with Crippen molar-refractivity contribution in [1.82, 2.24) is 9.80 Å². The van der Waals surface area contributed by atoms with Crippen molar-refractivity contribution < 1.29 is 9.59 Å². The van der Waals surface area contributed by atoms with Gasteiger partial charge in [-0.3, -0.25) is 9.59 Å². The lowest BCUT2D eigenvalue weighted by atomic mass is 9.83. The molecule has 5 heteroatoms. The van der Waals surface area contributed by atoms with E-state index in [0.717, 1.165) is 38.8 Å². The smallest absolute Gasteiger partial charge is 0.223 e. The molecule has 1 atom stereocenters. The molecule has 0 aliphatic carbocycles. The van der Waals surface area contributed by atoms with Gasteiger partial charge in [-0.25, -0.2) is 0 Å². The van der Waals surface area contributed by atoms with Crippen molar-refractivity contribution in [2.24, 2.45) is 5.41 Å². The summed E-state index contributed by atoms with van der Waals surface area (Å²) in [4.78, 5) is 28.2. The maximum atomic E-state index is 12.3. The Bertz CT molecular complexity index is 449. The number of nitriles is 1. The van der Waals surface area contributed by atoms with E-state index < -0.39 is 5.41 Å². The summed E-state index contributed by atoms with van der Waals surface area (Å²) in [5.41, 5.74) is -0.428. The molecule has 2 amide bonds. The van der Waals surface area contributed by atoms with Gasteiger partial charge in [0.15, 0.2) is 0 Å². The Balaban J connectivity index is 1.79. The molecule has 0 N–H and O–H groups in total. The predicted octanol–water partition coefficient (Wildman–Crippen LogP) is 2.32. The number of hydrogen-bond donors (Lipinski definition) is 0. The molecule has 0 spiro atoms. The van der Waals surface area contributed by atoms with Crippen LogP contribution in [0.5, 0.6) is 0 Å². The lowest BCUT2D eigenvalue weighted by Crippen LogP contribution is -2.44. The summed E-state index contributed by atoms with van der Waals surface area (Å²) in [5, 5.41) is 9.22. The molecule has 122 valence electrons. The molecule has 2 aliphatic rings. The van der Waals surface area contributed by atoms with Gasteiger partial charge in [0.25, 0.3) is 0 Å². The van der Waals surface area contributed by atoms with Gasteiger partial charge in [-0.2, -0.15) is 5.26 Å². The molecule has 2 saturated heterocycles. The number of nitrogens with zero attached hydrogens (tertiary/aromatic N) is 3. The summed E-state index contributed by atoms with van der Waals surface area (Å²) < 4.78 is 0. The predicted molar refractivity (Wildman–Crippen MR) is 83.8 cm³/mol. The third-order valence-electron chi connectivity index (χ3n) is 4.83. The van der Waals surface area contributed by atoms with Crippen LogP contribution in [0.4, 0.5) is 0 Å². The molecule has 0 unspecified atom stereocenters. The van der Waals surface area contributed by atoms with Crippen molar-refractivity contribution in [3.05, 3.63) is 0 Å². The van der Waals surface area contributed by atoms with Crippen LogP contribution in [0.15, 0.2) is 0 Å². The topological polar surface area (TPSA) is 64.4 Å². The summed E-state index contributed by atoms with van der Waals surface area (Å²) in [6, 6.07) is 2.32. The van der Waals surface area contributed by atoms with Gasteiger partial charge in [-0.1, -0.05) is 12.8 Å². The molecule has 2 aliphatic heterocycles. The SMILES string of the molecule is C[C@]1(C#N)CCCN(C(=O)CCC(=O)N2CCCCCC2)C1. The van der Waals surface area contributed by atoms with Crippen LogP contribution >= 0.6 is 0 Å². The molecule has 2 rings (SSSR count). The minimum atomic E-state index is -0.428. The zero-order valence-electron chi connectivity index (χ0n) is 13.6. The van der Waals surface area contributed by atoms with Crippen LogP contribution in [0.25, 0.3) is 0 Å². The quantitative estimate of drug-likeness (QED) is 0.804. The van der Waals surface area contributed by atoms with Crippen molar-refractivity contribution in [1.29, 1.82) is 5.26 Å². The Morgan fingerprint density at radius 2 is 1.50 bits per heavy atom. The standard InChI is InChI=1S/C17H27N3O2/c1-17(13-18)9-6-12-20(14-17)16(22)8-7-15(21)19-10-4-2-3-5-11-19/h2-12,14H2,1H3/t17-/m1/s1. The largest absolute Gasteiger partial charge is 0.343 e. The van der Waals surface area contributed by atoms with Crippen molar-refractivity contribution in [3.63, 3.8) is 0 Å². The van der Waals surface area contributed by atoms with Crippen LogP contribution in [-0.4, -0.2) is 47.8 Å². The molecule has 2 fully saturated rings.